The molecule has 230 valence electrons. The molecule has 0 heterocycles. The van der Waals surface area contributed by atoms with Crippen LogP contribution in [-0.4, -0.2) is 28.4 Å². The highest BCUT2D eigenvalue weighted by atomic mass is 35.5. The van der Waals surface area contributed by atoms with Gasteiger partial charge in [0, 0.05) is 18.3 Å². The number of amides is 2. The van der Waals surface area contributed by atoms with Crippen molar-refractivity contribution < 1.29 is 14.3 Å². The molecule has 0 radical (unpaired) electrons. The van der Waals surface area contributed by atoms with Crippen molar-refractivity contribution in [2.75, 3.05) is 5.32 Å². The first-order chi connectivity index (χ1) is 20.2. The highest BCUT2D eigenvalue weighted by Crippen LogP contribution is 2.45. The number of benzene rings is 3. The molecular formula is C35H41Cl3N2O3. The first-order valence-corrected chi connectivity index (χ1v) is 15.9. The molecule has 1 aliphatic rings. The number of hydrogen-bond acceptors (Lipinski definition) is 3. The van der Waals surface area contributed by atoms with E-state index in [-0.39, 0.29) is 39.6 Å². The Kier molecular flexibility index (Phi) is 10.4. The number of carbonyl (C=O) groups is 2. The Hall–Kier alpha value is -2.73. The molecule has 43 heavy (non-hydrogen) atoms. The largest absolute Gasteiger partial charge is 0.479 e. The monoisotopic (exact) mass is 642 g/mol. The Morgan fingerprint density at radius 1 is 0.930 bits per heavy atom. The van der Waals surface area contributed by atoms with Gasteiger partial charge in [-0.3, -0.25) is 9.59 Å². The third-order valence-corrected chi connectivity index (χ3v) is 9.79. The van der Waals surface area contributed by atoms with Gasteiger partial charge < -0.3 is 15.0 Å². The second-order valence-corrected chi connectivity index (χ2v) is 14.0. The van der Waals surface area contributed by atoms with Gasteiger partial charge in [-0.1, -0.05) is 104 Å². The van der Waals surface area contributed by atoms with Crippen molar-refractivity contribution in [2.45, 2.75) is 85.4 Å². The molecule has 0 aromatic heterocycles. The molecule has 2 amide bonds. The third-order valence-electron chi connectivity index (χ3n) is 8.77. The lowest BCUT2D eigenvalue weighted by Gasteiger charge is -2.49. The van der Waals surface area contributed by atoms with Gasteiger partial charge in [-0.05, 0) is 80.5 Å². The van der Waals surface area contributed by atoms with Gasteiger partial charge in [0.15, 0.2) is 6.10 Å². The summed E-state index contributed by atoms with van der Waals surface area (Å²) in [5.74, 6) is 0.186. The maximum atomic E-state index is 14.6. The third kappa shape index (κ3) is 7.50. The van der Waals surface area contributed by atoms with Gasteiger partial charge in [0.05, 0.1) is 15.1 Å². The highest BCUT2D eigenvalue weighted by molar-refractivity contribution is 6.43. The van der Waals surface area contributed by atoms with Crippen LogP contribution in [-0.2, 0) is 16.1 Å². The summed E-state index contributed by atoms with van der Waals surface area (Å²) in [7, 11) is 0. The summed E-state index contributed by atoms with van der Waals surface area (Å²) in [5.41, 5.74) is 2.64. The van der Waals surface area contributed by atoms with E-state index in [1.54, 1.807) is 11.8 Å². The van der Waals surface area contributed by atoms with Crippen LogP contribution in [0.5, 0.6) is 5.75 Å². The van der Waals surface area contributed by atoms with E-state index >= 15 is 0 Å². The summed E-state index contributed by atoms with van der Waals surface area (Å²) in [6, 6.07) is 18.7. The van der Waals surface area contributed by atoms with Crippen LogP contribution in [0.15, 0.2) is 60.7 Å². The van der Waals surface area contributed by atoms with Crippen LogP contribution in [0.2, 0.25) is 15.1 Å². The van der Waals surface area contributed by atoms with Crippen molar-refractivity contribution in [1.29, 1.82) is 0 Å². The fraction of sp³-hybridized carbons (Fsp3) is 0.429. The first kappa shape index (κ1) is 33.2. The van der Waals surface area contributed by atoms with Crippen LogP contribution in [0.1, 0.15) is 70.1 Å². The molecule has 1 N–H and O–H groups in total. The minimum Gasteiger partial charge on any atom is -0.479 e. The van der Waals surface area contributed by atoms with Gasteiger partial charge in [-0.15, -0.1) is 0 Å². The Morgan fingerprint density at radius 2 is 1.51 bits per heavy atom. The Morgan fingerprint density at radius 3 is 2.09 bits per heavy atom. The van der Waals surface area contributed by atoms with Crippen LogP contribution in [0.3, 0.4) is 0 Å². The zero-order valence-corrected chi connectivity index (χ0v) is 28.0. The van der Waals surface area contributed by atoms with E-state index in [1.807, 2.05) is 62.4 Å². The predicted octanol–water partition coefficient (Wildman–Crippen LogP) is 9.67. The second-order valence-electron chi connectivity index (χ2n) is 12.8. The molecule has 5 nitrogen and oxygen atoms in total. The number of aryl methyl sites for hydroxylation is 2. The van der Waals surface area contributed by atoms with Gasteiger partial charge in [0.2, 0.25) is 5.91 Å². The summed E-state index contributed by atoms with van der Waals surface area (Å²) < 4.78 is 6.11. The van der Waals surface area contributed by atoms with Crippen molar-refractivity contribution >= 4 is 52.3 Å². The topological polar surface area (TPSA) is 58.6 Å². The molecule has 8 heteroatoms. The average Bonchev–Trinajstić information content (AvgIpc) is 2.96. The van der Waals surface area contributed by atoms with Crippen molar-refractivity contribution in [3.63, 3.8) is 0 Å². The van der Waals surface area contributed by atoms with Crippen LogP contribution < -0.4 is 10.1 Å². The van der Waals surface area contributed by atoms with Crippen LogP contribution in [0, 0.1) is 25.2 Å². The SMILES string of the molecule is Cc1cccc(C)c1NC(=O)C1(N(Cc2ccccc2)C(=O)[C@H](C)Oc2cc(Cl)c(Cl)cc2Cl)CCC(C(C)(C)C)CC1. The number of halogens is 3. The molecule has 0 unspecified atom stereocenters. The number of rotatable bonds is 8. The molecule has 4 rings (SSSR count). The standard InChI is InChI=1S/C35H41Cl3N2O3/c1-22-11-10-12-23(2)31(22)39-33(42)35(17-15-26(16-18-35)34(4,5)6)40(21-25-13-8-7-9-14-25)32(41)24(3)43-30-20-28(37)27(36)19-29(30)38/h7-14,19-20,24,26H,15-18,21H2,1-6H3,(H,39,42)/t24-,26?,35?/m0/s1. The minimum atomic E-state index is -1.09. The Labute approximate surface area is 270 Å². The zero-order chi connectivity index (χ0) is 31.5. The van der Waals surface area contributed by atoms with Crippen LogP contribution >= 0.6 is 34.8 Å². The normalized spacial score (nSPS) is 19.4. The lowest BCUT2D eigenvalue weighted by Crippen LogP contribution is -2.62. The average molecular weight is 644 g/mol. The molecule has 0 saturated heterocycles. The lowest BCUT2D eigenvalue weighted by atomic mass is 9.66. The molecular weight excluding hydrogens is 603 g/mol. The number of nitrogens with one attached hydrogen (secondary N) is 1. The second kappa shape index (κ2) is 13.5. The number of para-hydroxylation sites is 1. The summed E-state index contributed by atoms with van der Waals surface area (Å²) in [6.07, 6.45) is 1.74. The van der Waals surface area contributed by atoms with E-state index in [0.29, 0.717) is 23.8 Å². The van der Waals surface area contributed by atoms with Crippen LogP contribution in [0.4, 0.5) is 5.69 Å². The van der Waals surface area contributed by atoms with Gasteiger partial charge >= 0.3 is 0 Å². The number of anilines is 1. The fourth-order valence-corrected chi connectivity index (χ4v) is 6.66. The molecule has 3 aromatic carbocycles. The summed E-state index contributed by atoms with van der Waals surface area (Å²) in [6.45, 7) is 12.6. The van der Waals surface area contributed by atoms with E-state index in [1.165, 1.54) is 12.1 Å². The van der Waals surface area contributed by atoms with E-state index < -0.39 is 11.6 Å². The highest BCUT2D eigenvalue weighted by Gasteiger charge is 2.51. The molecule has 0 bridgehead atoms. The van der Waals surface area contributed by atoms with Crippen molar-refractivity contribution in [1.82, 2.24) is 4.90 Å². The van der Waals surface area contributed by atoms with E-state index in [9.17, 15) is 9.59 Å². The van der Waals surface area contributed by atoms with E-state index in [2.05, 4.69) is 26.1 Å². The number of carbonyl (C=O) groups excluding carboxylic acids is 2. The van der Waals surface area contributed by atoms with Crippen LogP contribution in [0.25, 0.3) is 0 Å². The Bertz CT molecular complexity index is 1440. The number of hydrogen-bond donors (Lipinski definition) is 1. The zero-order valence-electron chi connectivity index (χ0n) is 25.8. The minimum absolute atomic E-state index is 0.0878. The van der Waals surface area contributed by atoms with Crippen molar-refractivity contribution in [2.24, 2.45) is 11.3 Å². The Balaban J connectivity index is 1.77. The number of nitrogens with zero attached hydrogens (tertiary/aromatic N) is 1. The van der Waals surface area contributed by atoms with E-state index in [4.69, 9.17) is 39.5 Å². The predicted molar refractivity (Wildman–Crippen MR) is 177 cm³/mol. The van der Waals surface area contributed by atoms with Gasteiger partial charge in [-0.2, -0.15) is 0 Å². The smallest absolute Gasteiger partial charge is 0.264 e. The maximum Gasteiger partial charge on any atom is 0.264 e. The molecule has 0 aliphatic heterocycles. The summed E-state index contributed by atoms with van der Waals surface area (Å²) in [4.78, 5) is 30.8. The van der Waals surface area contributed by atoms with Gasteiger partial charge in [-0.25, -0.2) is 0 Å². The molecule has 0 spiro atoms. The number of ether oxygens (including phenoxy) is 1. The summed E-state index contributed by atoms with van der Waals surface area (Å²) in [5, 5.41) is 4.06. The first-order valence-electron chi connectivity index (χ1n) is 14.8. The maximum absolute atomic E-state index is 14.6. The van der Waals surface area contributed by atoms with Crippen molar-refractivity contribution in [3.8, 4) is 5.75 Å². The lowest BCUT2D eigenvalue weighted by molar-refractivity contribution is -0.155. The molecule has 1 fully saturated rings. The molecule has 1 atom stereocenters. The van der Waals surface area contributed by atoms with Gasteiger partial charge in [0.1, 0.15) is 11.3 Å². The molecule has 3 aromatic rings. The van der Waals surface area contributed by atoms with Crippen molar-refractivity contribution in [3.05, 3.63) is 92.4 Å². The molecule has 1 saturated carbocycles. The van der Waals surface area contributed by atoms with Gasteiger partial charge in [0.25, 0.3) is 5.91 Å². The summed E-state index contributed by atoms with van der Waals surface area (Å²) >= 11 is 18.8. The fourth-order valence-electron chi connectivity index (χ4n) is 6.08. The molecule has 1 aliphatic carbocycles. The quantitative estimate of drug-likeness (QED) is 0.249. The van der Waals surface area contributed by atoms with E-state index in [0.717, 1.165) is 35.2 Å².